The highest BCUT2D eigenvalue weighted by Gasteiger charge is 2.60. The molecule has 2 N–H and O–H groups in total. The van der Waals surface area contributed by atoms with E-state index in [4.69, 9.17) is 26.8 Å². The first kappa shape index (κ1) is 12.3. The standard InChI is InChI=1S/C15H17ClN2O2/c1-14-6-2-3-12(14)15(8-19-13(17)18-15)10-7-9(16)4-5-11(10)20-14/h4-5,7,12H,2-3,6,8H2,1H3,(H2,17,18)/t12-,14+,15-/m1/s1. The summed E-state index contributed by atoms with van der Waals surface area (Å²) in [5.41, 5.74) is 6.19. The maximum atomic E-state index is 6.30. The summed E-state index contributed by atoms with van der Waals surface area (Å²) in [6, 6.07) is 6.01. The quantitative estimate of drug-likeness (QED) is 0.800. The van der Waals surface area contributed by atoms with Crippen molar-refractivity contribution >= 4 is 17.6 Å². The minimum Gasteiger partial charge on any atom is -0.487 e. The Balaban J connectivity index is 1.97. The zero-order valence-corrected chi connectivity index (χ0v) is 12.1. The first-order chi connectivity index (χ1) is 9.53. The third-order valence-corrected chi connectivity index (χ3v) is 5.22. The lowest BCUT2D eigenvalue weighted by Crippen LogP contribution is -2.52. The van der Waals surface area contributed by atoms with Gasteiger partial charge < -0.3 is 15.2 Å². The van der Waals surface area contributed by atoms with Crippen LogP contribution in [0.2, 0.25) is 5.02 Å². The molecular formula is C15H17ClN2O2. The average Bonchev–Trinajstić information content (AvgIpc) is 2.96. The molecule has 0 radical (unpaired) electrons. The molecule has 5 heteroatoms. The Morgan fingerprint density at radius 1 is 1.45 bits per heavy atom. The zero-order chi connectivity index (χ0) is 14.0. The number of aliphatic imine (C=N–C) groups is 1. The predicted octanol–water partition coefficient (Wildman–Crippen LogP) is 2.83. The molecule has 4 nitrogen and oxygen atoms in total. The second-order valence-corrected chi connectivity index (χ2v) is 6.60. The molecule has 2 heterocycles. The van der Waals surface area contributed by atoms with Crippen molar-refractivity contribution in [2.75, 3.05) is 6.61 Å². The second kappa shape index (κ2) is 3.82. The van der Waals surface area contributed by atoms with Gasteiger partial charge in [0.15, 0.2) is 0 Å². The van der Waals surface area contributed by atoms with Gasteiger partial charge in [-0.15, -0.1) is 0 Å². The summed E-state index contributed by atoms with van der Waals surface area (Å²) < 4.78 is 11.8. The highest BCUT2D eigenvalue weighted by Crippen LogP contribution is 2.57. The van der Waals surface area contributed by atoms with Gasteiger partial charge in [0.05, 0.1) is 0 Å². The number of rotatable bonds is 0. The largest absolute Gasteiger partial charge is 0.487 e. The Morgan fingerprint density at radius 2 is 2.30 bits per heavy atom. The SMILES string of the molecule is C[C@]12CCC[C@H]1[C@@]1(COC(N)=N1)c1cc(Cl)ccc1O2. The summed E-state index contributed by atoms with van der Waals surface area (Å²) in [5, 5.41) is 0.689. The zero-order valence-electron chi connectivity index (χ0n) is 11.4. The molecule has 0 bridgehead atoms. The highest BCUT2D eigenvalue weighted by molar-refractivity contribution is 6.30. The van der Waals surface area contributed by atoms with E-state index >= 15 is 0 Å². The first-order valence-corrected chi connectivity index (χ1v) is 7.38. The molecule has 4 rings (SSSR count). The number of halogens is 1. The lowest BCUT2D eigenvalue weighted by Gasteiger charge is -2.46. The molecule has 0 amide bonds. The number of nitrogens with two attached hydrogens (primary N) is 1. The minimum absolute atomic E-state index is 0.196. The number of benzene rings is 1. The van der Waals surface area contributed by atoms with Crippen LogP contribution < -0.4 is 10.5 Å². The lowest BCUT2D eigenvalue weighted by atomic mass is 9.70. The fraction of sp³-hybridized carbons (Fsp3) is 0.533. The second-order valence-electron chi connectivity index (χ2n) is 6.16. The van der Waals surface area contributed by atoms with Gasteiger partial charge in [-0.25, -0.2) is 4.99 Å². The summed E-state index contributed by atoms with van der Waals surface area (Å²) in [5.74, 6) is 1.14. The van der Waals surface area contributed by atoms with E-state index in [0.717, 1.165) is 30.6 Å². The van der Waals surface area contributed by atoms with Crippen LogP contribution in [0.4, 0.5) is 0 Å². The number of ether oxygens (including phenoxy) is 2. The summed E-state index contributed by atoms with van der Waals surface area (Å²) in [6.45, 7) is 2.66. The molecule has 106 valence electrons. The van der Waals surface area contributed by atoms with Gasteiger partial charge in [0, 0.05) is 16.5 Å². The smallest absolute Gasteiger partial charge is 0.283 e. The molecule has 3 atom stereocenters. The Labute approximate surface area is 122 Å². The van der Waals surface area contributed by atoms with Crippen LogP contribution in [0.3, 0.4) is 0 Å². The molecule has 1 aliphatic carbocycles. The van der Waals surface area contributed by atoms with Crippen molar-refractivity contribution in [3.8, 4) is 5.75 Å². The Hall–Kier alpha value is -1.42. The van der Waals surface area contributed by atoms with Gasteiger partial charge in [0.1, 0.15) is 23.5 Å². The van der Waals surface area contributed by atoms with E-state index in [1.54, 1.807) is 0 Å². The van der Waals surface area contributed by atoms with E-state index in [0.29, 0.717) is 11.6 Å². The molecule has 0 saturated heterocycles. The van der Waals surface area contributed by atoms with Crippen LogP contribution in [0.5, 0.6) is 5.75 Å². The topological polar surface area (TPSA) is 56.8 Å². The van der Waals surface area contributed by atoms with Crippen LogP contribution >= 0.6 is 11.6 Å². The van der Waals surface area contributed by atoms with E-state index in [9.17, 15) is 0 Å². The number of nitrogens with zero attached hydrogens (tertiary/aromatic N) is 1. The molecule has 0 unspecified atom stereocenters. The maximum absolute atomic E-state index is 6.30. The molecule has 1 spiro atoms. The molecule has 1 fully saturated rings. The molecule has 2 aliphatic heterocycles. The monoisotopic (exact) mass is 292 g/mol. The number of amidine groups is 1. The van der Waals surface area contributed by atoms with Gasteiger partial charge in [-0.3, -0.25) is 0 Å². The van der Waals surface area contributed by atoms with Crippen molar-refractivity contribution in [2.45, 2.75) is 37.3 Å². The van der Waals surface area contributed by atoms with Crippen molar-refractivity contribution in [3.05, 3.63) is 28.8 Å². The third-order valence-electron chi connectivity index (χ3n) is 4.98. The van der Waals surface area contributed by atoms with Gasteiger partial charge in [0.25, 0.3) is 6.02 Å². The van der Waals surface area contributed by atoms with Crippen LogP contribution in [0, 0.1) is 5.92 Å². The molecular weight excluding hydrogens is 276 g/mol. The van der Waals surface area contributed by atoms with Crippen LogP contribution in [-0.2, 0) is 10.3 Å². The Kier molecular flexibility index (Phi) is 2.35. The van der Waals surface area contributed by atoms with Crippen molar-refractivity contribution < 1.29 is 9.47 Å². The first-order valence-electron chi connectivity index (χ1n) is 7.01. The summed E-state index contributed by atoms with van der Waals surface area (Å²) >= 11 is 6.18. The van der Waals surface area contributed by atoms with Crippen molar-refractivity contribution in [3.63, 3.8) is 0 Å². The van der Waals surface area contributed by atoms with Crippen LogP contribution in [0.25, 0.3) is 0 Å². The van der Waals surface area contributed by atoms with E-state index < -0.39 is 5.54 Å². The van der Waals surface area contributed by atoms with Gasteiger partial charge in [0.2, 0.25) is 0 Å². The Bertz CT molecular complexity index is 618. The highest BCUT2D eigenvalue weighted by atomic mass is 35.5. The normalized spacial score (nSPS) is 37.9. The van der Waals surface area contributed by atoms with E-state index in [1.807, 2.05) is 18.2 Å². The van der Waals surface area contributed by atoms with E-state index in [1.165, 1.54) is 0 Å². The maximum Gasteiger partial charge on any atom is 0.283 e. The molecule has 1 aromatic carbocycles. The van der Waals surface area contributed by atoms with Gasteiger partial charge >= 0.3 is 0 Å². The van der Waals surface area contributed by atoms with Crippen molar-refractivity contribution in [2.24, 2.45) is 16.6 Å². The van der Waals surface area contributed by atoms with Crippen LogP contribution in [-0.4, -0.2) is 18.2 Å². The summed E-state index contributed by atoms with van der Waals surface area (Å²) in [4.78, 5) is 4.68. The average molecular weight is 293 g/mol. The number of hydrogen-bond acceptors (Lipinski definition) is 4. The fourth-order valence-electron chi connectivity index (χ4n) is 4.13. The molecule has 20 heavy (non-hydrogen) atoms. The summed E-state index contributed by atoms with van der Waals surface area (Å²) in [6.07, 6.45) is 3.25. The number of hydrogen-bond donors (Lipinski definition) is 1. The van der Waals surface area contributed by atoms with Gasteiger partial charge in [-0.05, 0) is 44.4 Å². The van der Waals surface area contributed by atoms with E-state index in [-0.39, 0.29) is 17.5 Å². The number of fused-ring (bicyclic) bond motifs is 4. The molecule has 3 aliphatic rings. The fourth-order valence-corrected chi connectivity index (χ4v) is 4.30. The third kappa shape index (κ3) is 1.46. The Morgan fingerprint density at radius 3 is 3.05 bits per heavy atom. The van der Waals surface area contributed by atoms with Gasteiger partial charge in [-0.1, -0.05) is 11.6 Å². The minimum atomic E-state index is -0.437. The summed E-state index contributed by atoms with van der Waals surface area (Å²) in [7, 11) is 0. The molecule has 1 aromatic rings. The molecule has 0 aromatic heterocycles. The van der Waals surface area contributed by atoms with Crippen LogP contribution in [0.1, 0.15) is 31.7 Å². The molecule has 1 saturated carbocycles. The van der Waals surface area contributed by atoms with Crippen LogP contribution in [0.15, 0.2) is 23.2 Å². The predicted molar refractivity (Wildman–Crippen MR) is 77.1 cm³/mol. The lowest BCUT2D eigenvalue weighted by molar-refractivity contribution is -0.0211. The van der Waals surface area contributed by atoms with Gasteiger partial charge in [-0.2, -0.15) is 0 Å². The van der Waals surface area contributed by atoms with Crippen molar-refractivity contribution in [1.82, 2.24) is 0 Å². The van der Waals surface area contributed by atoms with E-state index in [2.05, 4.69) is 11.9 Å². The van der Waals surface area contributed by atoms with Crippen molar-refractivity contribution in [1.29, 1.82) is 0 Å².